The first kappa shape index (κ1) is 17.8. The summed E-state index contributed by atoms with van der Waals surface area (Å²) in [4.78, 5) is 21.4. The van der Waals surface area contributed by atoms with Gasteiger partial charge < -0.3 is 5.32 Å². The second kappa shape index (κ2) is 7.91. The third-order valence-corrected chi connectivity index (χ3v) is 4.31. The van der Waals surface area contributed by atoms with Gasteiger partial charge in [-0.25, -0.2) is 9.97 Å². The van der Waals surface area contributed by atoms with Gasteiger partial charge in [-0.05, 0) is 36.1 Å². The molecule has 4 heteroatoms. The van der Waals surface area contributed by atoms with Crippen molar-refractivity contribution in [3.63, 3.8) is 0 Å². The smallest absolute Gasteiger partial charge is 0.259 e. The van der Waals surface area contributed by atoms with Crippen molar-refractivity contribution in [3.8, 4) is 0 Å². The predicted molar refractivity (Wildman–Crippen MR) is 105 cm³/mol. The minimum Gasteiger partial charge on any atom is -0.322 e. The normalized spacial score (nSPS) is 10.8. The molecule has 0 aliphatic rings. The molecule has 0 aliphatic carbocycles. The lowest BCUT2D eigenvalue weighted by Gasteiger charge is -2.10. The number of amides is 1. The Hall–Kier alpha value is -3.01. The summed E-state index contributed by atoms with van der Waals surface area (Å²) in [6.45, 7) is 6.13. The van der Waals surface area contributed by atoms with E-state index in [4.69, 9.17) is 0 Å². The number of nitrogens with one attached hydrogen (secondary N) is 1. The monoisotopic (exact) mass is 345 g/mol. The predicted octanol–water partition coefficient (Wildman–Crippen LogP) is 4.75. The largest absolute Gasteiger partial charge is 0.322 e. The molecule has 132 valence electrons. The van der Waals surface area contributed by atoms with E-state index in [2.05, 4.69) is 29.1 Å². The van der Waals surface area contributed by atoms with Gasteiger partial charge in [0.05, 0.1) is 11.3 Å². The molecule has 3 rings (SSSR count). The van der Waals surface area contributed by atoms with Gasteiger partial charge in [0.2, 0.25) is 0 Å². The summed E-state index contributed by atoms with van der Waals surface area (Å²) in [6, 6.07) is 18.0. The van der Waals surface area contributed by atoms with E-state index in [1.54, 1.807) is 6.20 Å². The molecule has 0 atom stereocenters. The lowest BCUT2D eigenvalue weighted by molar-refractivity contribution is 0.102. The van der Waals surface area contributed by atoms with Crippen LogP contribution in [0.25, 0.3) is 0 Å². The van der Waals surface area contributed by atoms with Gasteiger partial charge in [0.1, 0.15) is 5.82 Å². The maximum atomic E-state index is 12.5. The van der Waals surface area contributed by atoms with E-state index in [9.17, 15) is 4.79 Å². The highest BCUT2D eigenvalue weighted by Crippen LogP contribution is 2.18. The van der Waals surface area contributed by atoms with Crippen LogP contribution in [0.3, 0.4) is 0 Å². The third kappa shape index (κ3) is 4.33. The molecule has 26 heavy (non-hydrogen) atoms. The summed E-state index contributed by atoms with van der Waals surface area (Å²) in [5.74, 6) is 0.991. The number of nitrogens with zero attached hydrogens (tertiary/aromatic N) is 2. The minimum atomic E-state index is -0.189. The Balaban J connectivity index is 1.71. The van der Waals surface area contributed by atoms with Gasteiger partial charge >= 0.3 is 0 Å². The van der Waals surface area contributed by atoms with E-state index in [0.29, 0.717) is 29.4 Å². The first-order valence-electron chi connectivity index (χ1n) is 8.80. The van der Waals surface area contributed by atoms with Gasteiger partial charge in [-0.15, -0.1) is 0 Å². The standard InChI is InChI=1S/C22H23N3O/c1-15(2)18-9-11-19(12-10-18)25-22(26)20-14-23-21(24-16(20)3)13-17-7-5-4-6-8-17/h4-12,14-15H,13H2,1-3H3,(H,25,26). The molecule has 1 amide bonds. The molecule has 3 aromatic rings. The van der Waals surface area contributed by atoms with Crippen molar-refractivity contribution in [2.24, 2.45) is 0 Å². The first-order valence-corrected chi connectivity index (χ1v) is 8.80. The minimum absolute atomic E-state index is 0.189. The van der Waals surface area contributed by atoms with E-state index >= 15 is 0 Å². The number of anilines is 1. The van der Waals surface area contributed by atoms with E-state index in [-0.39, 0.29) is 5.91 Å². The SMILES string of the molecule is Cc1nc(Cc2ccccc2)ncc1C(=O)Nc1ccc(C(C)C)cc1. The quantitative estimate of drug-likeness (QED) is 0.726. The van der Waals surface area contributed by atoms with Crippen LogP contribution in [0.15, 0.2) is 60.8 Å². The molecule has 0 saturated heterocycles. The van der Waals surface area contributed by atoms with Crippen LogP contribution in [0.4, 0.5) is 5.69 Å². The van der Waals surface area contributed by atoms with Crippen molar-refractivity contribution >= 4 is 11.6 Å². The van der Waals surface area contributed by atoms with Gasteiger partial charge in [-0.2, -0.15) is 0 Å². The highest BCUT2D eigenvalue weighted by atomic mass is 16.1. The summed E-state index contributed by atoms with van der Waals surface area (Å²) in [6.07, 6.45) is 2.26. The molecule has 1 heterocycles. The van der Waals surface area contributed by atoms with Gasteiger partial charge in [-0.3, -0.25) is 4.79 Å². The zero-order chi connectivity index (χ0) is 18.5. The van der Waals surface area contributed by atoms with Gasteiger partial charge in [0.15, 0.2) is 0 Å². The Labute approximate surface area is 154 Å². The fourth-order valence-electron chi connectivity index (χ4n) is 2.75. The third-order valence-electron chi connectivity index (χ3n) is 4.31. The van der Waals surface area contributed by atoms with Crippen molar-refractivity contribution in [1.82, 2.24) is 9.97 Å². The van der Waals surface area contributed by atoms with Gasteiger partial charge in [0.25, 0.3) is 5.91 Å². The number of aromatic nitrogens is 2. The average Bonchev–Trinajstić information content (AvgIpc) is 2.63. The molecular weight excluding hydrogens is 322 g/mol. The fourth-order valence-corrected chi connectivity index (χ4v) is 2.75. The molecule has 0 radical (unpaired) electrons. The molecular formula is C22H23N3O. The molecule has 2 aromatic carbocycles. The number of carbonyl (C=O) groups excluding carboxylic acids is 1. The van der Waals surface area contributed by atoms with Crippen molar-refractivity contribution in [1.29, 1.82) is 0 Å². The molecule has 1 N–H and O–H groups in total. The number of hydrogen-bond acceptors (Lipinski definition) is 3. The first-order chi connectivity index (χ1) is 12.5. The summed E-state index contributed by atoms with van der Waals surface area (Å²) < 4.78 is 0. The Morgan fingerprint density at radius 1 is 1.04 bits per heavy atom. The van der Waals surface area contributed by atoms with Crippen molar-refractivity contribution < 1.29 is 4.79 Å². The van der Waals surface area contributed by atoms with Crippen molar-refractivity contribution in [2.45, 2.75) is 33.1 Å². The van der Waals surface area contributed by atoms with Crippen LogP contribution >= 0.6 is 0 Å². The topological polar surface area (TPSA) is 54.9 Å². The van der Waals surface area contributed by atoms with Crippen LogP contribution in [-0.4, -0.2) is 15.9 Å². The number of hydrogen-bond donors (Lipinski definition) is 1. The molecule has 0 spiro atoms. The highest BCUT2D eigenvalue weighted by Gasteiger charge is 2.12. The summed E-state index contributed by atoms with van der Waals surface area (Å²) in [5, 5.41) is 2.92. The van der Waals surface area contributed by atoms with Crippen molar-refractivity contribution in [2.75, 3.05) is 5.32 Å². The second-order valence-corrected chi connectivity index (χ2v) is 6.68. The molecule has 0 unspecified atom stereocenters. The number of carbonyl (C=O) groups is 1. The molecule has 0 bridgehead atoms. The van der Waals surface area contributed by atoms with E-state index < -0.39 is 0 Å². The lowest BCUT2D eigenvalue weighted by Crippen LogP contribution is -2.15. The van der Waals surface area contributed by atoms with Crippen LogP contribution in [0.1, 0.15) is 52.8 Å². The van der Waals surface area contributed by atoms with E-state index in [0.717, 1.165) is 11.3 Å². The van der Waals surface area contributed by atoms with Crippen LogP contribution in [-0.2, 0) is 6.42 Å². The molecule has 0 aliphatic heterocycles. The summed E-state index contributed by atoms with van der Waals surface area (Å²) in [7, 11) is 0. The van der Waals surface area contributed by atoms with Gasteiger partial charge in [0, 0.05) is 18.3 Å². The fraction of sp³-hybridized carbons (Fsp3) is 0.227. The average molecular weight is 345 g/mol. The van der Waals surface area contributed by atoms with Crippen LogP contribution < -0.4 is 5.32 Å². The van der Waals surface area contributed by atoms with Crippen LogP contribution in [0, 0.1) is 6.92 Å². The Bertz CT molecular complexity index is 887. The molecule has 1 aromatic heterocycles. The number of aryl methyl sites for hydroxylation is 1. The number of rotatable bonds is 5. The van der Waals surface area contributed by atoms with Crippen LogP contribution in [0.5, 0.6) is 0 Å². The van der Waals surface area contributed by atoms with Gasteiger partial charge in [-0.1, -0.05) is 56.3 Å². The Morgan fingerprint density at radius 3 is 2.35 bits per heavy atom. The van der Waals surface area contributed by atoms with Crippen molar-refractivity contribution in [3.05, 3.63) is 89.0 Å². The maximum Gasteiger partial charge on any atom is 0.259 e. The molecule has 4 nitrogen and oxygen atoms in total. The molecule has 0 fully saturated rings. The van der Waals surface area contributed by atoms with Crippen LogP contribution in [0.2, 0.25) is 0 Å². The Morgan fingerprint density at radius 2 is 1.73 bits per heavy atom. The zero-order valence-electron chi connectivity index (χ0n) is 15.4. The second-order valence-electron chi connectivity index (χ2n) is 6.68. The van der Waals surface area contributed by atoms with E-state index in [1.165, 1.54) is 5.56 Å². The highest BCUT2D eigenvalue weighted by molar-refractivity contribution is 6.04. The lowest BCUT2D eigenvalue weighted by atomic mass is 10.0. The zero-order valence-corrected chi connectivity index (χ0v) is 15.4. The maximum absolute atomic E-state index is 12.5. The molecule has 0 saturated carbocycles. The number of benzene rings is 2. The summed E-state index contributed by atoms with van der Waals surface area (Å²) in [5.41, 5.74) is 4.34. The Kier molecular flexibility index (Phi) is 5.42. The van der Waals surface area contributed by atoms with E-state index in [1.807, 2.05) is 61.5 Å². The summed E-state index contributed by atoms with van der Waals surface area (Å²) >= 11 is 0.